The van der Waals surface area contributed by atoms with Crippen molar-refractivity contribution < 1.29 is 14.7 Å². The first kappa shape index (κ1) is 15.0. The summed E-state index contributed by atoms with van der Waals surface area (Å²) in [4.78, 5) is 25.4. The number of hydrogen-bond acceptors (Lipinski definition) is 2. The van der Waals surface area contributed by atoms with E-state index in [9.17, 15) is 14.7 Å². The molecular weight excluding hydrogens is 322 g/mol. The van der Waals surface area contributed by atoms with Crippen LogP contribution in [0.2, 0.25) is 0 Å². The quantitative estimate of drug-likeness (QED) is 0.900. The van der Waals surface area contributed by atoms with Gasteiger partial charge in [-0.3, -0.25) is 4.79 Å². The van der Waals surface area contributed by atoms with E-state index < -0.39 is 12.0 Å². The van der Waals surface area contributed by atoms with Crippen LogP contribution in [0.25, 0.3) is 0 Å². The van der Waals surface area contributed by atoms with Crippen LogP contribution in [0.15, 0.2) is 22.7 Å². The first-order valence-corrected chi connectivity index (χ1v) is 7.48. The van der Waals surface area contributed by atoms with Gasteiger partial charge in [0.15, 0.2) is 0 Å². The maximum Gasteiger partial charge on any atom is 0.326 e. The second-order valence-electron chi connectivity index (χ2n) is 5.50. The second kappa shape index (κ2) is 5.95. The van der Waals surface area contributed by atoms with Crippen molar-refractivity contribution in [1.29, 1.82) is 0 Å². The van der Waals surface area contributed by atoms with Gasteiger partial charge in [-0.25, -0.2) is 4.79 Å². The van der Waals surface area contributed by atoms with E-state index in [4.69, 9.17) is 0 Å². The smallest absolute Gasteiger partial charge is 0.326 e. The number of aliphatic carboxylic acids is 1. The number of likely N-dealkylation sites (tertiary alicyclic amines) is 1. The minimum Gasteiger partial charge on any atom is -0.480 e. The SMILES string of the molecule is Cc1cc(Br)cc(C(=O)N2CCC(C)CC2C(=O)O)c1. The molecule has 108 valence electrons. The number of nitrogens with zero attached hydrogens (tertiary/aromatic N) is 1. The molecule has 0 aliphatic carbocycles. The van der Waals surface area contributed by atoms with Gasteiger partial charge < -0.3 is 10.0 Å². The molecule has 1 heterocycles. The molecule has 1 aromatic carbocycles. The fraction of sp³-hybridized carbons (Fsp3) is 0.467. The molecule has 1 N–H and O–H groups in total. The van der Waals surface area contributed by atoms with Crippen molar-refractivity contribution in [1.82, 2.24) is 4.90 Å². The van der Waals surface area contributed by atoms with Gasteiger partial charge in [-0.15, -0.1) is 0 Å². The summed E-state index contributed by atoms with van der Waals surface area (Å²) < 4.78 is 0.832. The van der Waals surface area contributed by atoms with Gasteiger partial charge in [0.2, 0.25) is 0 Å². The lowest BCUT2D eigenvalue weighted by Gasteiger charge is -2.36. The number of piperidine rings is 1. The molecule has 0 radical (unpaired) electrons. The minimum atomic E-state index is -0.920. The Morgan fingerprint density at radius 2 is 2.05 bits per heavy atom. The van der Waals surface area contributed by atoms with Crippen LogP contribution < -0.4 is 0 Å². The summed E-state index contributed by atoms with van der Waals surface area (Å²) in [5.74, 6) is -0.783. The molecule has 2 atom stereocenters. The van der Waals surface area contributed by atoms with E-state index in [-0.39, 0.29) is 5.91 Å². The van der Waals surface area contributed by atoms with Gasteiger partial charge in [-0.2, -0.15) is 0 Å². The highest BCUT2D eigenvalue weighted by molar-refractivity contribution is 9.10. The van der Waals surface area contributed by atoms with Gasteiger partial charge in [0, 0.05) is 16.6 Å². The Labute approximate surface area is 126 Å². The van der Waals surface area contributed by atoms with Crippen molar-refractivity contribution in [3.63, 3.8) is 0 Å². The lowest BCUT2D eigenvalue weighted by molar-refractivity contribution is -0.144. The monoisotopic (exact) mass is 339 g/mol. The Hall–Kier alpha value is -1.36. The average Bonchev–Trinajstić information content (AvgIpc) is 2.36. The average molecular weight is 340 g/mol. The highest BCUT2D eigenvalue weighted by Gasteiger charge is 2.35. The van der Waals surface area contributed by atoms with Crippen LogP contribution in [0.3, 0.4) is 0 Å². The maximum atomic E-state index is 12.6. The topological polar surface area (TPSA) is 57.6 Å². The zero-order chi connectivity index (χ0) is 14.9. The molecule has 1 aliphatic heterocycles. The Morgan fingerprint density at radius 1 is 1.35 bits per heavy atom. The van der Waals surface area contributed by atoms with Crippen molar-refractivity contribution >= 4 is 27.8 Å². The zero-order valence-electron chi connectivity index (χ0n) is 11.6. The van der Waals surface area contributed by atoms with E-state index in [0.717, 1.165) is 16.5 Å². The van der Waals surface area contributed by atoms with E-state index in [1.165, 1.54) is 4.90 Å². The number of aryl methyl sites for hydroxylation is 1. The highest BCUT2D eigenvalue weighted by atomic mass is 79.9. The number of rotatable bonds is 2. The van der Waals surface area contributed by atoms with Gasteiger partial charge >= 0.3 is 5.97 Å². The third-order valence-corrected chi connectivity index (χ3v) is 4.16. The van der Waals surface area contributed by atoms with Crippen LogP contribution in [0.5, 0.6) is 0 Å². The molecule has 5 heteroatoms. The fourth-order valence-electron chi connectivity index (χ4n) is 2.64. The molecule has 1 fully saturated rings. The lowest BCUT2D eigenvalue weighted by atomic mass is 9.92. The number of amides is 1. The number of halogens is 1. The maximum absolute atomic E-state index is 12.6. The van der Waals surface area contributed by atoms with E-state index >= 15 is 0 Å². The largest absolute Gasteiger partial charge is 0.480 e. The van der Waals surface area contributed by atoms with Crippen LogP contribution in [0.1, 0.15) is 35.7 Å². The van der Waals surface area contributed by atoms with E-state index in [0.29, 0.717) is 24.4 Å². The summed E-state index contributed by atoms with van der Waals surface area (Å²) in [6.07, 6.45) is 1.37. The Kier molecular flexibility index (Phi) is 4.48. The Morgan fingerprint density at radius 3 is 2.65 bits per heavy atom. The van der Waals surface area contributed by atoms with Crippen LogP contribution in [-0.4, -0.2) is 34.5 Å². The molecule has 20 heavy (non-hydrogen) atoms. The van der Waals surface area contributed by atoms with Gasteiger partial charge in [-0.05, 0) is 49.4 Å². The molecule has 2 unspecified atom stereocenters. The number of carboxylic acids is 1. The van der Waals surface area contributed by atoms with E-state index in [1.54, 1.807) is 12.1 Å². The number of carbonyl (C=O) groups excluding carboxylic acids is 1. The zero-order valence-corrected chi connectivity index (χ0v) is 13.2. The van der Waals surface area contributed by atoms with Crippen LogP contribution in [0.4, 0.5) is 0 Å². The lowest BCUT2D eigenvalue weighted by Crippen LogP contribution is -2.49. The van der Waals surface area contributed by atoms with E-state index in [1.807, 2.05) is 19.9 Å². The molecule has 1 aliphatic rings. The summed E-state index contributed by atoms with van der Waals surface area (Å²) in [5, 5.41) is 9.33. The van der Waals surface area contributed by atoms with Crippen LogP contribution in [-0.2, 0) is 4.79 Å². The number of carboxylic acid groups (broad SMARTS) is 1. The molecule has 2 rings (SSSR count). The normalized spacial score (nSPS) is 22.6. The first-order chi connectivity index (χ1) is 9.38. The van der Waals surface area contributed by atoms with Gasteiger partial charge in [0.05, 0.1) is 0 Å². The molecular formula is C15H18BrNO3. The third kappa shape index (κ3) is 3.20. The molecule has 0 saturated carbocycles. The number of carbonyl (C=O) groups is 2. The van der Waals surface area contributed by atoms with E-state index in [2.05, 4.69) is 15.9 Å². The predicted octanol–water partition coefficient (Wildman–Crippen LogP) is 3.08. The molecule has 0 bridgehead atoms. The van der Waals surface area contributed by atoms with Crippen molar-refractivity contribution in [2.24, 2.45) is 5.92 Å². The van der Waals surface area contributed by atoms with Gasteiger partial charge in [-0.1, -0.05) is 22.9 Å². The standard InChI is InChI=1S/C15H18BrNO3/c1-9-3-4-17(13(7-9)15(19)20)14(18)11-5-10(2)6-12(16)8-11/h5-6,8-9,13H,3-4,7H2,1-2H3,(H,19,20). The number of benzene rings is 1. The second-order valence-corrected chi connectivity index (χ2v) is 6.42. The molecule has 0 spiro atoms. The van der Waals surface area contributed by atoms with Crippen molar-refractivity contribution in [2.45, 2.75) is 32.7 Å². The van der Waals surface area contributed by atoms with Crippen molar-refractivity contribution in [2.75, 3.05) is 6.54 Å². The van der Waals surface area contributed by atoms with Gasteiger partial charge in [0.25, 0.3) is 5.91 Å². The van der Waals surface area contributed by atoms with Gasteiger partial charge in [0.1, 0.15) is 6.04 Å². The molecule has 4 nitrogen and oxygen atoms in total. The number of hydrogen-bond donors (Lipinski definition) is 1. The third-order valence-electron chi connectivity index (χ3n) is 3.70. The molecule has 1 saturated heterocycles. The van der Waals surface area contributed by atoms with Crippen LogP contribution in [0, 0.1) is 12.8 Å². The summed E-state index contributed by atoms with van der Waals surface area (Å²) >= 11 is 3.37. The summed E-state index contributed by atoms with van der Waals surface area (Å²) in [6.45, 7) is 4.44. The summed E-state index contributed by atoms with van der Waals surface area (Å²) in [6, 6.07) is 4.74. The predicted molar refractivity (Wildman–Crippen MR) is 79.7 cm³/mol. The Balaban J connectivity index is 2.28. The van der Waals surface area contributed by atoms with Crippen molar-refractivity contribution in [3.05, 3.63) is 33.8 Å². The van der Waals surface area contributed by atoms with Crippen LogP contribution >= 0.6 is 15.9 Å². The minimum absolute atomic E-state index is 0.200. The molecule has 0 aromatic heterocycles. The summed E-state index contributed by atoms with van der Waals surface area (Å²) in [7, 11) is 0. The highest BCUT2D eigenvalue weighted by Crippen LogP contribution is 2.25. The first-order valence-electron chi connectivity index (χ1n) is 6.69. The fourth-order valence-corrected chi connectivity index (χ4v) is 3.25. The molecule has 1 aromatic rings. The molecule has 1 amide bonds. The summed E-state index contributed by atoms with van der Waals surface area (Å²) in [5.41, 5.74) is 1.51. The van der Waals surface area contributed by atoms with Crippen molar-refractivity contribution in [3.8, 4) is 0 Å². The Bertz CT molecular complexity index is 524.